The van der Waals surface area contributed by atoms with Crippen LogP contribution in [-0.4, -0.2) is 18.7 Å². The van der Waals surface area contributed by atoms with E-state index >= 15 is 0 Å². The summed E-state index contributed by atoms with van der Waals surface area (Å²) in [5, 5.41) is 0. The lowest BCUT2D eigenvalue weighted by Crippen LogP contribution is -2.28. The lowest BCUT2D eigenvalue weighted by molar-refractivity contribution is -0.167. The zero-order valence-electron chi connectivity index (χ0n) is 10.7. The monoisotopic (exact) mass is 237 g/mol. The van der Waals surface area contributed by atoms with E-state index in [-0.39, 0.29) is 0 Å². The molecule has 0 amide bonds. The molecule has 0 saturated carbocycles. The van der Waals surface area contributed by atoms with Gasteiger partial charge in [-0.05, 0) is 38.5 Å². The van der Waals surface area contributed by atoms with E-state index in [0.717, 1.165) is 0 Å². The quantitative estimate of drug-likeness (QED) is 0.647. The molecule has 0 fully saturated rings. The van der Waals surface area contributed by atoms with E-state index in [9.17, 15) is 4.79 Å². The molecule has 1 aromatic carbocycles. The molecule has 17 heavy (non-hydrogen) atoms. The highest BCUT2D eigenvalue weighted by Gasteiger charge is 2.26. The first-order chi connectivity index (χ1) is 7.83. The third-order valence-electron chi connectivity index (χ3n) is 2.07. The molecule has 0 aliphatic heterocycles. The second-order valence-corrected chi connectivity index (χ2v) is 4.82. The van der Waals surface area contributed by atoms with Gasteiger partial charge in [0.1, 0.15) is 5.60 Å². The van der Waals surface area contributed by atoms with Crippen molar-refractivity contribution in [2.24, 2.45) is 0 Å². The third kappa shape index (κ3) is 4.07. The number of methoxy groups -OCH3 is 1. The van der Waals surface area contributed by atoms with Gasteiger partial charge in [-0.3, -0.25) is 0 Å². The van der Waals surface area contributed by atoms with Crippen LogP contribution in [0.1, 0.15) is 32.4 Å². The van der Waals surface area contributed by atoms with Crippen molar-refractivity contribution in [1.82, 2.24) is 0 Å². The summed E-state index contributed by atoms with van der Waals surface area (Å²) >= 11 is 0. The van der Waals surface area contributed by atoms with E-state index < -0.39 is 17.7 Å². The number of anilines is 1. The number of nitrogens with two attached hydrogens (primary N) is 1. The van der Waals surface area contributed by atoms with Crippen LogP contribution in [0.5, 0.6) is 0 Å². The Balaban J connectivity index is 2.88. The lowest BCUT2D eigenvalue weighted by Gasteiger charge is -2.23. The fraction of sp³-hybridized carbons (Fsp3) is 0.462. The molecule has 2 N–H and O–H groups in total. The molecule has 0 heterocycles. The van der Waals surface area contributed by atoms with Crippen molar-refractivity contribution >= 4 is 11.7 Å². The molecule has 1 aromatic rings. The standard InChI is InChI=1S/C13H19NO3/c1-13(2,3)17-12(15)11(16-4)9-6-5-7-10(14)8-9/h5-8,11H,14H2,1-4H3. The number of ether oxygens (including phenoxy) is 2. The third-order valence-corrected chi connectivity index (χ3v) is 2.07. The summed E-state index contributed by atoms with van der Waals surface area (Å²) in [6.07, 6.45) is -0.738. The SMILES string of the molecule is COC(C(=O)OC(C)(C)C)c1cccc(N)c1. The number of hydrogen-bond donors (Lipinski definition) is 1. The summed E-state index contributed by atoms with van der Waals surface area (Å²) in [4.78, 5) is 11.9. The fourth-order valence-electron chi connectivity index (χ4n) is 1.45. The Morgan fingerprint density at radius 2 is 2.00 bits per heavy atom. The largest absolute Gasteiger partial charge is 0.458 e. The Morgan fingerprint density at radius 1 is 1.35 bits per heavy atom. The number of carbonyl (C=O) groups excluding carboxylic acids is 1. The first-order valence-corrected chi connectivity index (χ1v) is 5.44. The maximum atomic E-state index is 11.9. The van der Waals surface area contributed by atoms with E-state index in [1.54, 1.807) is 24.3 Å². The number of carbonyl (C=O) groups is 1. The maximum absolute atomic E-state index is 11.9. The van der Waals surface area contributed by atoms with Crippen molar-refractivity contribution in [2.45, 2.75) is 32.5 Å². The van der Waals surface area contributed by atoms with Gasteiger partial charge >= 0.3 is 5.97 Å². The van der Waals surface area contributed by atoms with Gasteiger partial charge in [0.15, 0.2) is 6.10 Å². The van der Waals surface area contributed by atoms with Gasteiger partial charge in [0.25, 0.3) is 0 Å². The average Bonchev–Trinajstić information content (AvgIpc) is 2.15. The lowest BCUT2D eigenvalue weighted by atomic mass is 10.1. The zero-order chi connectivity index (χ0) is 13.1. The highest BCUT2D eigenvalue weighted by atomic mass is 16.6. The molecule has 0 aromatic heterocycles. The van der Waals surface area contributed by atoms with Crippen LogP contribution in [-0.2, 0) is 14.3 Å². The second-order valence-electron chi connectivity index (χ2n) is 4.82. The molecule has 94 valence electrons. The van der Waals surface area contributed by atoms with Crippen LogP contribution in [0.2, 0.25) is 0 Å². The first kappa shape index (κ1) is 13.5. The predicted octanol–water partition coefficient (Wildman–Crippen LogP) is 2.30. The Morgan fingerprint density at radius 3 is 2.47 bits per heavy atom. The Hall–Kier alpha value is -1.55. The molecule has 4 nitrogen and oxygen atoms in total. The van der Waals surface area contributed by atoms with Gasteiger partial charge in [0, 0.05) is 12.8 Å². The molecule has 1 rings (SSSR count). The summed E-state index contributed by atoms with van der Waals surface area (Å²) in [5.74, 6) is -0.411. The Kier molecular flexibility index (Phi) is 4.12. The molecule has 1 unspecified atom stereocenters. The molecule has 0 aliphatic rings. The van der Waals surface area contributed by atoms with Crippen LogP contribution >= 0.6 is 0 Å². The van der Waals surface area contributed by atoms with Crippen molar-refractivity contribution < 1.29 is 14.3 Å². The summed E-state index contributed by atoms with van der Waals surface area (Å²) in [6.45, 7) is 5.45. The number of benzene rings is 1. The van der Waals surface area contributed by atoms with Crippen molar-refractivity contribution in [2.75, 3.05) is 12.8 Å². The van der Waals surface area contributed by atoms with Gasteiger partial charge in [0.05, 0.1) is 0 Å². The number of hydrogen-bond acceptors (Lipinski definition) is 4. The first-order valence-electron chi connectivity index (χ1n) is 5.44. The minimum Gasteiger partial charge on any atom is -0.458 e. The molecule has 0 aliphatic carbocycles. The molecule has 0 radical (unpaired) electrons. The number of rotatable bonds is 3. The summed E-state index contributed by atoms with van der Waals surface area (Å²) in [5.41, 5.74) is 6.42. The molecule has 0 spiro atoms. The van der Waals surface area contributed by atoms with Crippen LogP contribution < -0.4 is 5.73 Å². The van der Waals surface area contributed by atoms with Crippen LogP contribution in [0, 0.1) is 0 Å². The topological polar surface area (TPSA) is 61.5 Å². The van der Waals surface area contributed by atoms with Gasteiger partial charge in [-0.25, -0.2) is 4.79 Å². The van der Waals surface area contributed by atoms with Crippen molar-refractivity contribution in [3.05, 3.63) is 29.8 Å². The van der Waals surface area contributed by atoms with Gasteiger partial charge in [-0.1, -0.05) is 12.1 Å². The van der Waals surface area contributed by atoms with E-state index in [0.29, 0.717) is 11.3 Å². The molecule has 4 heteroatoms. The van der Waals surface area contributed by atoms with Gasteiger partial charge in [-0.2, -0.15) is 0 Å². The highest BCUT2D eigenvalue weighted by Crippen LogP contribution is 2.22. The van der Waals surface area contributed by atoms with E-state index in [1.807, 2.05) is 20.8 Å². The summed E-state index contributed by atoms with van der Waals surface area (Å²) in [7, 11) is 1.47. The van der Waals surface area contributed by atoms with Crippen LogP contribution in [0.15, 0.2) is 24.3 Å². The summed E-state index contributed by atoms with van der Waals surface area (Å²) < 4.78 is 10.4. The smallest absolute Gasteiger partial charge is 0.340 e. The van der Waals surface area contributed by atoms with Gasteiger partial charge < -0.3 is 15.2 Å². The highest BCUT2D eigenvalue weighted by molar-refractivity contribution is 5.77. The zero-order valence-corrected chi connectivity index (χ0v) is 10.7. The van der Waals surface area contributed by atoms with Crippen LogP contribution in [0.3, 0.4) is 0 Å². The number of nitrogen functional groups attached to an aromatic ring is 1. The van der Waals surface area contributed by atoms with Crippen LogP contribution in [0.25, 0.3) is 0 Å². The Bertz CT molecular complexity index is 396. The van der Waals surface area contributed by atoms with Crippen molar-refractivity contribution in [3.8, 4) is 0 Å². The summed E-state index contributed by atoms with van der Waals surface area (Å²) in [6, 6.07) is 7.03. The minimum atomic E-state index is -0.738. The van der Waals surface area contributed by atoms with Crippen molar-refractivity contribution in [1.29, 1.82) is 0 Å². The molecule has 0 saturated heterocycles. The number of esters is 1. The predicted molar refractivity (Wildman–Crippen MR) is 66.4 cm³/mol. The van der Waals surface area contributed by atoms with E-state index in [2.05, 4.69) is 0 Å². The normalized spacial score (nSPS) is 13.2. The van der Waals surface area contributed by atoms with Crippen LogP contribution in [0.4, 0.5) is 5.69 Å². The van der Waals surface area contributed by atoms with Gasteiger partial charge in [0.2, 0.25) is 0 Å². The van der Waals surface area contributed by atoms with Crippen molar-refractivity contribution in [3.63, 3.8) is 0 Å². The van der Waals surface area contributed by atoms with E-state index in [4.69, 9.17) is 15.2 Å². The molecular formula is C13H19NO3. The fourth-order valence-corrected chi connectivity index (χ4v) is 1.45. The second kappa shape index (κ2) is 5.19. The molecule has 1 atom stereocenters. The maximum Gasteiger partial charge on any atom is 0.340 e. The van der Waals surface area contributed by atoms with E-state index in [1.165, 1.54) is 7.11 Å². The molecular weight excluding hydrogens is 218 g/mol. The Labute approximate surface area is 102 Å². The molecule has 0 bridgehead atoms. The minimum absolute atomic E-state index is 0.411. The van der Waals surface area contributed by atoms with Gasteiger partial charge in [-0.15, -0.1) is 0 Å². The average molecular weight is 237 g/mol.